The summed E-state index contributed by atoms with van der Waals surface area (Å²) in [6.07, 6.45) is 0.397. The van der Waals surface area contributed by atoms with Gasteiger partial charge in [-0.25, -0.2) is 13.2 Å². The molecule has 0 atom stereocenters. The van der Waals surface area contributed by atoms with Crippen LogP contribution < -0.4 is 4.72 Å². The Bertz CT molecular complexity index is 770. The number of benzene rings is 2. The van der Waals surface area contributed by atoms with Gasteiger partial charge in [-0.1, -0.05) is 36.4 Å². The number of rotatable bonds is 6. The van der Waals surface area contributed by atoms with Crippen LogP contribution in [0, 0.1) is 6.92 Å². The predicted molar refractivity (Wildman–Crippen MR) is 85.7 cm³/mol. The monoisotopic (exact) mass is 319 g/mol. The third-order valence-electron chi connectivity index (χ3n) is 3.25. The number of anilines is 1. The molecule has 0 saturated heterocycles. The molecular weight excluding hydrogens is 302 g/mol. The molecule has 0 fully saturated rings. The van der Waals surface area contributed by atoms with Crippen molar-refractivity contribution in [1.29, 1.82) is 0 Å². The summed E-state index contributed by atoms with van der Waals surface area (Å²) in [6.45, 7) is 1.72. The van der Waals surface area contributed by atoms with Crippen LogP contribution in [0.4, 0.5) is 5.69 Å². The van der Waals surface area contributed by atoms with Gasteiger partial charge < -0.3 is 5.11 Å². The number of carbonyl (C=O) groups is 1. The molecule has 0 aliphatic carbocycles. The number of aromatic carboxylic acids is 1. The topological polar surface area (TPSA) is 83.5 Å². The second kappa shape index (κ2) is 6.62. The van der Waals surface area contributed by atoms with Crippen LogP contribution in [0.3, 0.4) is 0 Å². The minimum absolute atomic E-state index is 0.0476. The highest BCUT2D eigenvalue weighted by atomic mass is 32.2. The van der Waals surface area contributed by atoms with Gasteiger partial charge in [-0.3, -0.25) is 4.72 Å². The Morgan fingerprint density at radius 2 is 1.82 bits per heavy atom. The van der Waals surface area contributed by atoms with E-state index < -0.39 is 16.0 Å². The molecule has 0 aliphatic heterocycles. The third-order valence-corrected chi connectivity index (χ3v) is 4.52. The first-order chi connectivity index (χ1) is 10.4. The van der Waals surface area contributed by atoms with Crippen LogP contribution in [0.5, 0.6) is 0 Å². The smallest absolute Gasteiger partial charge is 0.335 e. The third kappa shape index (κ3) is 4.33. The number of carboxylic acids is 1. The van der Waals surface area contributed by atoms with Crippen LogP contribution in [0.25, 0.3) is 0 Å². The van der Waals surface area contributed by atoms with Gasteiger partial charge >= 0.3 is 5.97 Å². The van der Waals surface area contributed by atoms with E-state index in [1.54, 1.807) is 13.0 Å². The van der Waals surface area contributed by atoms with Crippen molar-refractivity contribution in [3.8, 4) is 0 Å². The summed E-state index contributed by atoms with van der Waals surface area (Å²) in [7, 11) is -3.54. The van der Waals surface area contributed by atoms with E-state index in [-0.39, 0.29) is 11.3 Å². The molecule has 2 N–H and O–H groups in total. The lowest BCUT2D eigenvalue weighted by Crippen LogP contribution is -2.19. The zero-order valence-electron chi connectivity index (χ0n) is 12.1. The predicted octanol–water partition coefficient (Wildman–Crippen LogP) is 2.68. The molecule has 0 spiro atoms. The van der Waals surface area contributed by atoms with Crippen LogP contribution in [0.1, 0.15) is 21.5 Å². The van der Waals surface area contributed by atoms with E-state index in [4.69, 9.17) is 5.11 Å². The quantitative estimate of drug-likeness (QED) is 0.857. The Hall–Kier alpha value is -2.34. The molecule has 2 aromatic carbocycles. The van der Waals surface area contributed by atoms with Crippen molar-refractivity contribution in [1.82, 2.24) is 0 Å². The summed E-state index contributed by atoms with van der Waals surface area (Å²) in [5, 5.41) is 8.97. The highest BCUT2D eigenvalue weighted by Crippen LogP contribution is 2.19. The van der Waals surface area contributed by atoms with Crippen LogP contribution in [0.2, 0.25) is 0 Å². The van der Waals surface area contributed by atoms with E-state index in [0.29, 0.717) is 17.7 Å². The Morgan fingerprint density at radius 1 is 1.14 bits per heavy atom. The van der Waals surface area contributed by atoms with E-state index in [1.165, 1.54) is 12.1 Å². The minimum Gasteiger partial charge on any atom is -0.478 e. The molecule has 22 heavy (non-hydrogen) atoms. The molecule has 0 aliphatic rings. The molecule has 0 unspecified atom stereocenters. The molecule has 0 aromatic heterocycles. The lowest BCUT2D eigenvalue weighted by Gasteiger charge is -2.11. The van der Waals surface area contributed by atoms with Crippen molar-refractivity contribution in [2.45, 2.75) is 13.3 Å². The van der Waals surface area contributed by atoms with Gasteiger partial charge in [-0.15, -0.1) is 0 Å². The number of nitrogens with one attached hydrogen (secondary N) is 1. The number of aryl methyl sites for hydroxylation is 2. The van der Waals surface area contributed by atoms with Gasteiger partial charge in [0.1, 0.15) is 0 Å². The van der Waals surface area contributed by atoms with Crippen molar-refractivity contribution in [3.63, 3.8) is 0 Å². The van der Waals surface area contributed by atoms with Crippen LogP contribution in [0.15, 0.2) is 48.5 Å². The Labute approximate surface area is 129 Å². The zero-order valence-corrected chi connectivity index (χ0v) is 12.9. The molecule has 116 valence electrons. The number of sulfonamides is 1. The molecule has 0 bridgehead atoms. The molecule has 0 saturated carbocycles. The fourth-order valence-electron chi connectivity index (χ4n) is 1.98. The standard InChI is InChI=1S/C16H17NO4S/c1-12-7-8-14(16(18)19)11-15(12)17-22(20,21)10-9-13-5-3-2-4-6-13/h2-8,11,17H,9-10H2,1H3,(H,18,19). The summed E-state index contributed by atoms with van der Waals surface area (Å²) in [6, 6.07) is 13.7. The average Bonchev–Trinajstić information content (AvgIpc) is 2.48. The van der Waals surface area contributed by atoms with Gasteiger partial charge in [-0.05, 0) is 36.6 Å². The van der Waals surface area contributed by atoms with Crippen LogP contribution in [-0.2, 0) is 16.4 Å². The maximum Gasteiger partial charge on any atom is 0.335 e. The zero-order chi connectivity index (χ0) is 16.2. The summed E-state index contributed by atoms with van der Waals surface area (Å²) in [4.78, 5) is 11.0. The largest absolute Gasteiger partial charge is 0.478 e. The highest BCUT2D eigenvalue weighted by Gasteiger charge is 2.14. The van der Waals surface area contributed by atoms with Gasteiger partial charge in [0.05, 0.1) is 17.0 Å². The normalized spacial score (nSPS) is 11.1. The Morgan fingerprint density at radius 3 is 2.45 bits per heavy atom. The van der Waals surface area contributed by atoms with Crippen LogP contribution in [-0.4, -0.2) is 25.2 Å². The average molecular weight is 319 g/mol. The van der Waals surface area contributed by atoms with Gasteiger partial charge in [0, 0.05) is 0 Å². The number of hydrogen-bond acceptors (Lipinski definition) is 3. The van der Waals surface area contributed by atoms with Crippen molar-refractivity contribution in [2.24, 2.45) is 0 Å². The first kappa shape index (κ1) is 16.0. The minimum atomic E-state index is -3.54. The SMILES string of the molecule is Cc1ccc(C(=O)O)cc1NS(=O)(=O)CCc1ccccc1. The molecule has 5 nitrogen and oxygen atoms in total. The second-order valence-electron chi connectivity index (χ2n) is 4.99. The van der Waals surface area contributed by atoms with E-state index >= 15 is 0 Å². The van der Waals surface area contributed by atoms with Crippen molar-refractivity contribution >= 4 is 21.7 Å². The van der Waals surface area contributed by atoms with Gasteiger partial charge in [0.2, 0.25) is 10.0 Å². The fraction of sp³-hybridized carbons (Fsp3) is 0.188. The summed E-state index contributed by atoms with van der Waals surface area (Å²) >= 11 is 0. The van der Waals surface area contributed by atoms with Crippen LogP contribution >= 0.6 is 0 Å². The van der Waals surface area contributed by atoms with E-state index in [2.05, 4.69) is 4.72 Å². The van der Waals surface area contributed by atoms with Gasteiger partial charge in [-0.2, -0.15) is 0 Å². The summed E-state index contributed by atoms with van der Waals surface area (Å²) < 4.78 is 26.8. The number of carboxylic acid groups (broad SMARTS) is 1. The lowest BCUT2D eigenvalue weighted by molar-refractivity contribution is 0.0697. The second-order valence-corrected chi connectivity index (χ2v) is 6.83. The molecule has 2 rings (SSSR count). The molecule has 0 heterocycles. The molecule has 0 amide bonds. The summed E-state index contributed by atoms with van der Waals surface area (Å²) in [5.74, 6) is -1.15. The highest BCUT2D eigenvalue weighted by molar-refractivity contribution is 7.92. The first-order valence-electron chi connectivity index (χ1n) is 6.76. The fourth-order valence-corrected chi connectivity index (χ4v) is 3.14. The van der Waals surface area contributed by atoms with Crippen molar-refractivity contribution in [2.75, 3.05) is 10.5 Å². The molecule has 2 aromatic rings. The summed E-state index contributed by atoms with van der Waals surface area (Å²) in [5.41, 5.74) is 1.96. The maximum atomic E-state index is 12.1. The van der Waals surface area contributed by atoms with Gasteiger partial charge in [0.15, 0.2) is 0 Å². The number of hydrogen-bond donors (Lipinski definition) is 2. The van der Waals surface area contributed by atoms with E-state index in [9.17, 15) is 13.2 Å². The molecule has 6 heteroatoms. The van der Waals surface area contributed by atoms with Crippen molar-refractivity contribution in [3.05, 3.63) is 65.2 Å². The Kier molecular flexibility index (Phi) is 4.82. The first-order valence-corrected chi connectivity index (χ1v) is 8.41. The molecular formula is C16H17NO4S. The van der Waals surface area contributed by atoms with Crippen molar-refractivity contribution < 1.29 is 18.3 Å². The van der Waals surface area contributed by atoms with E-state index in [1.807, 2.05) is 30.3 Å². The van der Waals surface area contributed by atoms with Gasteiger partial charge in [0.25, 0.3) is 0 Å². The maximum absolute atomic E-state index is 12.1. The Balaban J connectivity index is 2.11. The lowest BCUT2D eigenvalue weighted by atomic mass is 10.1. The molecule has 0 radical (unpaired) electrons. The van der Waals surface area contributed by atoms with E-state index in [0.717, 1.165) is 5.56 Å².